The van der Waals surface area contributed by atoms with Crippen molar-refractivity contribution in [2.24, 2.45) is 0 Å². The van der Waals surface area contributed by atoms with E-state index in [1.54, 1.807) is 32.9 Å². The molecular weight excluding hydrogens is 530 g/mol. The number of rotatable bonds is 8. The number of nitriles is 1. The van der Waals surface area contributed by atoms with Gasteiger partial charge in [0.15, 0.2) is 0 Å². The van der Waals surface area contributed by atoms with E-state index in [4.69, 9.17) is 9.47 Å². The van der Waals surface area contributed by atoms with Gasteiger partial charge in [-0.25, -0.2) is 9.59 Å². The lowest BCUT2D eigenvalue weighted by Crippen LogP contribution is -2.49. The molecule has 9 nitrogen and oxygen atoms in total. The maximum atomic E-state index is 12.9. The Hall–Kier alpha value is -5.23. The molecule has 0 aliphatic carbocycles. The predicted octanol–water partition coefficient (Wildman–Crippen LogP) is 6.54. The van der Waals surface area contributed by atoms with E-state index in [2.05, 4.69) is 26.7 Å². The first-order chi connectivity index (χ1) is 20.1. The number of nitrogens with zero attached hydrogens (tertiary/aromatic N) is 1. The third-order valence-corrected chi connectivity index (χ3v) is 6.98. The van der Waals surface area contributed by atoms with E-state index >= 15 is 0 Å². The molecule has 0 unspecified atom stereocenters. The number of fused-ring (bicyclic) bond motifs is 2. The number of anilines is 1. The Morgan fingerprint density at radius 1 is 0.976 bits per heavy atom. The highest BCUT2D eigenvalue weighted by molar-refractivity contribution is 5.98. The number of esters is 1. The Labute approximate surface area is 243 Å². The van der Waals surface area contributed by atoms with Crippen LogP contribution in [0.4, 0.5) is 10.5 Å². The fourth-order valence-electron chi connectivity index (χ4n) is 5.00. The number of methoxy groups -OCH3 is 1. The van der Waals surface area contributed by atoms with Gasteiger partial charge in [-0.1, -0.05) is 30.3 Å². The molecule has 0 fully saturated rings. The minimum atomic E-state index is -0.920. The van der Waals surface area contributed by atoms with Crippen LogP contribution in [0.15, 0.2) is 79.1 Å². The van der Waals surface area contributed by atoms with E-state index in [1.807, 2.05) is 67.0 Å². The largest absolute Gasteiger partial charge is 0.465 e. The molecule has 2 atom stereocenters. The first-order valence-electron chi connectivity index (χ1n) is 13.7. The molecule has 1 amide bonds. The number of carbonyl (C=O) groups is 2. The van der Waals surface area contributed by atoms with E-state index in [0.29, 0.717) is 12.1 Å². The summed E-state index contributed by atoms with van der Waals surface area (Å²) in [5.74, 6) is -0.549. The average Bonchev–Trinajstić information content (AvgIpc) is 3.61. The van der Waals surface area contributed by atoms with E-state index in [1.165, 1.54) is 7.11 Å². The molecule has 2 aromatic heterocycles. The highest BCUT2D eigenvalue weighted by Gasteiger charge is 2.28. The molecule has 0 spiro atoms. The standard InChI is InChI=1S/C33H33N5O4/c1-33(2,3)42-32(40)38-29(17-23-19-36-27-8-6-5-7-24(23)27)30(18-34)37-28-12-10-21(16-25(28)31(39)41-4)20-9-11-26-22(15-20)13-14-35-26/h5-16,19,29-30,35-37H,17H2,1-4H3,(H,38,40)/t29-,30-/m0/s1. The smallest absolute Gasteiger partial charge is 0.407 e. The van der Waals surface area contributed by atoms with Crippen molar-refractivity contribution in [1.82, 2.24) is 15.3 Å². The van der Waals surface area contributed by atoms with Crippen molar-refractivity contribution in [3.63, 3.8) is 0 Å². The number of carbonyl (C=O) groups excluding carboxylic acids is 2. The Morgan fingerprint density at radius 2 is 1.74 bits per heavy atom. The molecule has 9 heteroatoms. The molecule has 42 heavy (non-hydrogen) atoms. The second kappa shape index (κ2) is 11.7. The summed E-state index contributed by atoms with van der Waals surface area (Å²) in [5.41, 5.74) is 4.61. The summed E-state index contributed by atoms with van der Waals surface area (Å²) in [5, 5.41) is 18.4. The Bertz CT molecular complexity index is 1790. The quantitative estimate of drug-likeness (QED) is 0.158. The second-order valence-electron chi connectivity index (χ2n) is 11.1. The minimum absolute atomic E-state index is 0.271. The van der Waals surface area contributed by atoms with Crippen molar-refractivity contribution in [2.45, 2.75) is 44.9 Å². The number of alkyl carbamates (subject to hydrolysis) is 1. The lowest BCUT2D eigenvalue weighted by atomic mass is 9.97. The normalized spacial score (nSPS) is 12.8. The molecule has 5 rings (SSSR count). The predicted molar refractivity (Wildman–Crippen MR) is 163 cm³/mol. The van der Waals surface area contributed by atoms with Gasteiger partial charge in [-0.05, 0) is 85.7 Å². The number of hydrogen-bond acceptors (Lipinski definition) is 6. The summed E-state index contributed by atoms with van der Waals surface area (Å²) in [6, 6.07) is 21.8. The molecule has 0 bridgehead atoms. The van der Waals surface area contributed by atoms with Crippen LogP contribution in [0.25, 0.3) is 32.9 Å². The summed E-state index contributed by atoms with van der Waals surface area (Å²) in [6.45, 7) is 5.33. The van der Waals surface area contributed by atoms with Gasteiger partial charge in [0, 0.05) is 34.5 Å². The van der Waals surface area contributed by atoms with Gasteiger partial charge in [0.25, 0.3) is 0 Å². The fraction of sp³-hybridized carbons (Fsp3) is 0.242. The molecule has 3 aromatic carbocycles. The number of ether oxygens (including phenoxy) is 2. The summed E-state index contributed by atoms with van der Waals surface area (Å²) in [6.07, 6.45) is 3.44. The fourth-order valence-corrected chi connectivity index (χ4v) is 5.00. The lowest BCUT2D eigenvalue weighted by molar-refractivity contribution is 0.0501. The van der Waals surface area contributed by atoms with Crippen LogP contribution in [0.5, 0.6) is 0 Å². The minimum Gasteiger partial charge on any atom is -0.465 e. The van der Waals surface area contributed by atoms with Crippen LogP contribution >= 0.6 is 0 Å². The maximum absolute atomic E-state index is 12.9. The summed E-state index contributed by atoms with van der Waals surface area (Å²) in [7, 11) is 1.32. The number of hydrogen-bond donors (Lipinski definition) is 4. The van der Waals surface area contributed by atoms with E-state index in [0.717, 1.165) is 38.5 Å². The molecule has 0 saturated carbocycles. The zero-order valence-corrected chi connectivity index (χ0v) is 23.9. The number of H-pyrrole nitrogens is 2. The number of para-hydroxylation sites is 1. The molecule has 0 aliphatic heterocycles. The monoisotopic (exact) mass is 563 g/mol. The lowest BCUT2D eigenvalue weighted by Gasteiger charge is -2.27. The van der Waals surface area contributed by atoms with Crippen LogP contribution in [0, 0.1) is 11.3 Å². The number of nitrogens with one attached hydrogen (secondary N) is 4. The molecule has 0 saturated heterocycles. The van der Waals surface area contributed by atoms with Crippen LogP contribution in [-0.4, -0.2) is 46.8 Å². The van der Waals surface area contributed by atoms with Crippen LogP contribution in [0.1, 0.15) is 36.7 Å². The van der Waals surface area contributed by atoms with Gasteiger partial charge in [-0.15, -0.1) is 0 Å². The highest BCUT2D eigenvalue weighted by Crippen LogP contribution is 2.29. The molecule has 0 aliphatic rings. The third-order valence-electron chi connectivity index (χ3n) is 6.98. The number of aromatic nitrogens is 2. The van der Waals surface area contributed by atoms with Gasteiger partial charge in [0.05, 0.1) is 24.8 Å². The molecule has 2 heterocycles. The van der Waals surface area contributed by atoms with Gasteiger partial charge in [-0.2, -0.15) is 5.26 Å². The first-order valence-corrected chi connectivity index (χ1v) is 13.7. The molecular formula is C33H33N5O4. The number of benzene rings is 3. The Kier molecular flexibility index (Phi) is 7.89. The third kappa shape index (κ3) is 6.23. The van der Waals surface area contributed by atoms with Crippen molar-refractivity contribution in [1.29, 1.82) is 5.26 Å². The summed E-state index contributed by atoms with van der Waals surface area (Å²) < 4.78 is 10.6. The van der Waals surface area contributed by atoms with Crippen LogP contribution in [-0.2, 0) is 15.9 Å². The first kappa shape index (κ1) is 28.3. The molecule has 5 aromatic rings. The average molecular weight is 564 g/mol. The van der Waals surface area contributed by atoms with Crippen molar-refractivity contribution < 1.29 is 19.1 Å². The van der Waals surface area contributed by atoms with E-state index in [-0.39, 0.29) is 5.56 Å². The van der Waals surface area contributed by atoms with Crippen LogP contribution < -0.4 is 10.6 Å². The van der Waals surface area contributed by atoms with Crippen molar-refractivity contribution in [3.05, 3.63) is 90.3 Å². The number of amides is 1. The van der Waals surface area contributed by atoms with Gasteiger partial charge < -0.3 is 30.1 Å². The van der Waals surface area contributed by atoms with Gasteiger partial charge in [-0.3, -0.25) is 0 Å². The van der Waals surface area contributed by atoms with E-state index < -0.39 is 29.7 Å². The van der Waals surface area contributed by atoms with Crippen LogP contribution in [0.2, 0.25) is 0 Å². The zero-order chi connectivity index (χ0) is 29.9. The van der Waals surface area contributed by atoms with Gasteiger partial charge in [0.2, 0.25) is 0 Å². The molecule has 0 radical (unpaired) electrons. The number of aromatic amines is 2. The van der Waals surface area contributed by atoms with E-state index in [9.17, 15) is 14.9 Å². The highest BCUT2D eigenvalue weighted by atomic mass is 16.6. The van der Waals surface area contributed by atoms with Gasteiger partial charge in [0.1, 0.15) is 11.6 Å². The van der Waals surface area contributed by atoms with Crippen molar-refractivity contribution in [3.8, 4) is 17.2 Å². The van der Waals surface area contributed by atoms with Crippen molar-refractivity contribution in [2.75, 3.05) is 12.4 Å². The topological polar surface area (TPSA) is 132 Å². The van der Waals surface area contributed by atoms with Crippen molar-refractivity contribution >= 4 is 39.6 Å². The molecule has 214 valence electrons. The second-order valence-corrected chi connectivity index (χ2v) is 11.1. The molecule has 4 N–H and O–H groups in total. The van der Waals surface area contributed by atoms with Crippen LogP contribution in [0.3, 0.4) is 0 Å². The van der Waals surface area contributed by atoms with Gasteiger partial charge >= 0.3 is 12.1 Å². The zero-order valence-electron chi connectivity index (χ0n) is 23.9. The summed E-state index contributed by atoms with van der Waals surface area (Å²) >= 11 is 0. The maximum Gasteiger partial charge on any atom is 0.407 e. The summed E-state index contributed by atoms with van der Waals surface area (Å²) in [4.78, 5) is 32.2. The Balaban J connectivity index is 1.48. The SMILES string of the molecule is COC(=O)c1cc(-c2ccc3[nH]ccc3c2)ccc1N[C@@H](C#N)[C@H](Cc1c[nH]c2ccccc12)NC(=O)OC(C)(C)C. The Morgan fingerprint density at radius 3 is 2.50 bits per heavy atom.